The van der Waals surface area contributed by atoms with E-state index in [9.17, 15) is 33.0 Å². The van der Waals surface area contributed by atoms with Crippen molar-refractivity contribution in [3.8, 4) is 11.5 Å². The summed E-state index contributed by atoms with van der Waals surface area (Å²) >= 11 is 0. The molecule has 0 aliphatic rings. The van der Waals surface area contributed by atoms with Crippen LogP contribution in [0.2, 0.25) is 0 Å². The number of aromatic hydroxyl groups is 2. The molecule has 2 aromatic carbocycles. The molecular weight excluding hydrogens is 353 g/mol. The predicted octanol–water partition coefficient (Wildman–Crippen LogP) is 3.54. The molecule has 0 aliphatic carbocycles. The third kappa shape index (κ3) is 3.79. The van der Waals surface area contributed by atoms with Gasteiger partial charge in [-0.2, -0.15) is 13.2 Å². The number of alkyl halides is 3. The summed E-state index contributed by atoms with van der Waals surface area (Å²) in [6.45, 7) is 1.63. The van der Waals surface area contributed by atoms with Crippen LogP contribution >= 0.6 is 0 Å². The molecule has 3 N–H and O–H groups in total. The van der Waals surface area contributed by atoms with E-state index in [1.54, 1.807) is 6.92 Å². The first-order chi connectivity index (χ1) is 12.1. The highest BCUT2D eigenvalue weighted by Gasteiger charge is 2.31. The molecule has 2 rings (SSSR count). The van der Waals surface area contributed by atoms with E-state index >= 15 is 0 Å². The Morgan fingerprint density at radius 1 is 1.00 bits per heavy atom. The normalized spacial score (nSPS) is 11.4. The Bertz CT molecular complexity index is 855. The summed E-state index contributed by atoms with van der Waals surface area (Å²) in [7, 11) is 0. The maximum atomic E-state index is 12.7. The summed E-state index contributed by atoms with van der Waals surface area (Å²) < 4.78 is 37.9. The van der Waals surface area contributed by atoms with Gasteiger partial charge in [-0.25, -0.2) is 0 Å². The van der Waals surface area contributed by atoms with E-state index in [0.717, 1.165) is 30.3 Å². The molecule has 0 aliphatic heterocycles. The maximum Gasteiger partial charge on any atom is 0.416 e. The van der Waals surface area contributed by atoms with Gasteiger partial charge >= 0.3 is 12.1 Å². The van der Waals surface area contributed by atoms with Gasteiger partial charge in [0.15, 0.2) is 5.78 Å². The van der Waals surface area contributed by atoms with E-state index in [0.29, 0.717) is 0 Å². The van der Waals surface area contributed by atoms with Crippen LogP contribution in [0, 0.1) is 0 Å². The number of phenolic OH excluding ortho intramolecular Hbond substituents is 2. The quantitative estimate of drug-likeness (QED) is 0.702. The van der Waals surface area contributed by atoms with Crippen molar-refractivity contribution in [2.24, 2.45) is 0 Å². The molecule has 138 valence electrons. The molecule has 0 saturated heterocycles. The first kappa shape index (κ1) is 19.3. The van der Waals surface area contributed by atoms with Crippen LogP contribution in [0.1, 0.15) is 39.5 Å². The Labute approximate surface area is 146 Å². The zero-order valence-corrected chi connectivity index (χ0v) is 13.6. The number of carbonyl (C=O) groups is 2. The third-order valence-corrected chi connectivity index (χ3v) is 3.89. The van der Waals surface area contributed by atoms with Gasteiger partial charge in [-0.05, 0) is 29.7 Å². The minimum Gasteiger partial charge on any atom is -0.508 e. The van der Waals surface area contributed by atoms with Crippen molar-refractivity contribution in [3.63, 3.8) is 0 Å². The molecule has 26 heavy (non-hydrogen) atoms. The highest BCUT2D eigenvalue weighted by Crippen LogP contribution is 2.35. The average Bonchev–Trinajstić information content (AvgIpc) is 2.53. The summed E-state index contributed by atoms with van der Waals surface area (Å²) in [5, 5.41) is 29.0. The van der Waals surface area contributed by atoms with Crippen molar-refractivity contribution in [2.75, 3.05) is 0 Å². The topological polar surface area (TPSA) is 94.8 Å². The second-order valence-corrected chi connectivity index (χ2v) is 5.58. The molecule has 0 spiro atoms. The van der Waals surface area contributed by atoms with Crippen molar-refractivity contribution < 1.29 is 38.1 Å². The summed E-state index contributed by atoms with van der Waals surface area (Å²) in [4.78, 5) is 23.8. The number of phenols is 2. The standard InChI is InChI=1S/C18H15F3O5/c1-2-11-12(7-15(24)25)16(14(23)8-13(11)22)17(26)9-3-5-10(6-4-9)18(19,20)21/h3-6,8,22-23H,2,7H2,1H3,(H,24,25). The van der Waals surface area contributed by atoms with Gasteiger partial charge in [-0.3, -0.25) is 9.59 Å². The van der Waals surface area contributed by atoms with E-state index in [2.05, 4.69) is 0 Å². The van der Waals surface area contributed by atoms with Crippen molar-refractivity contribution in [1.82, 2.24) is 0 Å². The Morgan fingerprint density at radius 3 is 2.04 bits per heavy atom. The zero-order valence-electron chi connectivity index (χ0n) is 13.6. The van der Waals surface area contributed by atoms with Crippen LogP contribution < -0.4 is 0 Å². The Balaban J connectivity index is 2.59. The van der Waals surface area contributed by atoms with Crippen LogP contribution in [-0.4, -0.2) is 27.1 Å². The lowest BCUT2D eigenvalue weighted by atomic mass is 9.90. The highest BCUT2D eigenvalue weighted by atomic mass is 19.4. The largest absolute Gasteiger partial charge is 0.508 e. The summed E-state index contributed by atoms with van der Waals surface area (Å²) in [5.41, 5.74) is -1.32. The molecule has 0 amide bonds. The number of aliphatic carboxylic acids is 1. The van der Waals surface area contributed by atoms with Gasteiger partial charge in [-0.15, -0.1) is 0 Å². The fourth-order valence-electron chi connectivity index (χ4n) is 2.70. The van der Waals surface area contributed by atoms with Crippen molar-refractivity contribution >= 4 is 11.8 Å². The predicted molar refractivity (Wildman–Crippen MR) is 85.4 cm³/mol. The van der Waals surface area contributed by atoms with Crippen molar-refractivity contribution in [2.45, 2.75) is 25.9 Å². The summed E-state index contributed by atoms with van der Waals surface area (Å²) in [6.07, 6.45) is -5.00. The van der Waals surface area contributed by atoms with Crippen molar-refractivity contribution in [3.05, 3.63) is 58.1 Å². The molecule has 2 aromatic rings. The summed E-state index contributed by atoms with van der Waals surface area (Å²) in [6, 6.07) is 4.27. The average molecular weight is 368 g/mol. The highest BCUT2D eigenvalue weighted by molar-refractivity contribution is 6.12. The molecule has 0 aromatic heterocycles. The minimum absolute atomic E-state index is 0.0672. The lowest BCUT2D eigenvalue weighted by Gasteiger charge is -2.16. The number of rotatable bonds is 5. The van der Waals surface area contributed by atoms with Gasteiger partial charge in [-0.1, -0.05) is 19.1 Å². The van der Waals surface area contributed by atoms with E-state index in [1.165, 1.54) is 0 Å². The number of carbonyl (C=O) groups excluding carboxylic acids is 1. The molecule has 0 unspecified atom stereocenters. The molecular formula is C18H15F3O5. The van der Waals surface area contributed by atoms with E-state index in [-0.39, 0.29) is 34.4 Å². The minimum atomic E-state index is -4.56. The zero-order chi connectivity index (χ0) is 19.6. The third-order valence-electron chi connectivity index (χ3n) is 3.89. The van der Waals surface area contributed by atoms with Crippen LogP contribution in [0.15, 0.2) is 30.3 Å². The van der Waals surface area contributed by atoms with E-state index < -0.39 is 35.7 Å². The Hall–Kier alpha value is -3.03. The van der Waals surface area contributed by atoms with E-state index in [4.69, 9.17) is 5.11 Å². The van der Waals surface area contributed by atoms with Crippen LogP contribution in [0.25, 0.3) is 0 Å². The number of hydrogen-bond donors (Lipinski definition) is 3. The number of carboxylic acid groups (broad SMARTS) is 1. The number of ketones is 1. The van der Waals surface area contributed by atoms with Gasteiger partial charge in [0.1, 0.15) is 11.5 Å². The van der Waals surface area contributed by atoms with Gasteiger partial charge in [0, 0.05) is 11.6 Å². The number of benzene rings is 2. The number of halogens is 3. The Morgan fingerprint density at radius 2 is 1.58 bits per heavy atom. The second-order valence-electron chi connectivity index (χ2n) is 5.58. The first-order valence-corrected chi connectivity index (χ1v) is 7.56. The molecule has 0 atom stereocenters. The number of carboxylic acids is 1. The van der Waals surface area contributed by atoms with Crippen LogP contribution in [0.4, 0.5) is 13.2 Å². The molecule has 0 heterocycles. The van der Waals surface area contributed by atoms with Gasteiger partial charge < -0.3 is 15.3 Å². The molecule has 0 radical (unpaired) electrons. The molecule has 8 heteroatoms. The fraction of sp³-hybridized carbons (Fsp3) is 0.222. The fourth-order valence-corrected chi connectivity index (χ4v) is 2.70. The lowest BCUT2D eigenvalue weighted by Crippen LogP contribution is -2.13. The molecule has 0 fully saturated rings. The first-order valence-electron chi connectivity index (χ1n) is 7.56. The second kappa shape index (κ2) is 7.07. The van der Waals surface area contributed by atoms with Crippen LogP contribution in [0.3, 0.4) is 0 Å². The van der Waals surface area contributed by atoms with E-state index in [1.807, 2.05) is 0 Å². The lowest BCUT2D eigenvalue weighted by molar-refractivity contribution is -0.138. The van der Waals surface area contributed by atoms with Gasteiger partial charge in [0.25, 0.3) is 0 Å². The van der Waals surface area contributed by atoms with Gasteiger partial charge in [0.05, 0.1) is 17.5 Å². The molecule has 0 bridgehead atoms. The number of hydrogen-bond acceptors (Lipinski definition) is 4. The van der Waals surface area contributed by atoms with Gasteiger partial charge in [0.2, 0.25) is 0 Å². The summed E-state index contributed by atoms with van der Waals surface area (Å²) in [5.74, 6) is -3.11. The molecule has 0 saturated carbocycles. The van der Waals surface area contributed by atoms with Crippen LogP contribution in [0.5, 0.6) is 11.5 Å². The maximum absolute atomic E-state index is 12.7. The van der Waals surface area contributed by atoms with Crippen molar-refractivity contribution in [1.29, 1.82) is 0 Å². The monoisotopic (exact) mass is 368 g/mol. The van der Waals surface area contributed by atoms with Crippen LogP contribution in [-0.2, 0) is 23.8 Å². The smallest absolute Gasteiger partial charge is 0.416 e. The molecule has 5 nitrogen and oxygen atoms in total. The Kier molecular flexibility index (Phi) is 5.25. The SMILES string of the molecule is CCc1c(O)cc(O)c(C(=O)c2ccc(C(F)(F)F)cc2)c1CC(=O)O.